The van der Waals surface area contributed by atoms with Crippen molar-refractivity contribution in [3.8, 4) is 5.75 Å². The van der Waals surface area contributed by atoms with Gasteiger partial charge in [0.2, 0.25) is 0 Å². The molecule has 1 aromatic rings. The molecule has 0 aromatic heterocycles. The van der Waals surface area contributed by atoms with Crippen molar-refractivity contribution in [2.24, 2.45) is 5.92 Å². The predicted octanol–water partition coefficient (Wildman–Crippen LogP) is 3.11. The normalized spacial score (nSPS) is 13.0. The molecule has 0 saturated carbocycles. The van der Waals surface area contributed by atoms with Crippen LogP contribution in [0.15, 0.2) is 30.3 Å². The lowest BCUT2D eigenvalue weighted by Gasteiger charge is -2.17. The molecule has 1 unspecified atom stereocenters. The maximum Gasteiger partial charge on any atom is 0.119 e. The third kappa shape index (κ3) is 2.57. The summed E-state index contributed by atoms with van der Waals surface area (Å²) in [6.45, 7) is 6.42. The lowest BCUT2D eigenvalue weighted by atomic mass is 10.1. The maximum absolute atomic E-state index is 5.68. The van der Waals surface area contributed by atoms with Crippen molar-refractivity contribution in [3.63, 3.8) is 0 Å². The third-order valence-corrected chi connectivity index (χ3v) is 2.00. The van der Waals surface area contributed by atoms with Crippen LogP contribution >= 0.6 is 0 Å². The van der Waals surface area contributed by atoms with E-state index in [-0.39, 0.29) is 6.10 Å². The van der Waals surface area contributed by atoms with E-state index in [0.29, 0.717) is 5.92 Å². The fraction of sp³-hybridized carbons (Fsp3) is 0.455. The van der Waals surface area contributed by atoms with Crippen LogP contribution in [0.4, 0.5) is 0 Å². The predicted molar refractivity (Wildman–Crippen MR) is 51.4 cm³/mol. The van der Waals surface area contributed by atoms with E-state index in [9.17, 15) is 0 Å². The van der Waals surface area contributed by atoms with Crippen molar-refractivity contribution in [2.45, 2.75) is 26.9 Å². The molecule has 0 aliphatic heterocycles. The summed E-state index contributed by atoms with van der Waals surface area (Å²) >= 11 is 0. The van der Waals surface area contributed by atoms with E-state index in [1.807, 2.05) is 30.3 Å². The van der Waals surface area contributed by atoms with Crippen LogP contribution in [0, 0.1) is 5.92 Å². The lowest BCUT2D eigenvalue weighted by Crippen LogP contribution is -2.18. The summed E-state index contributed by atoms with van der Waals surface area (Å²) in [5.41, 5.74) is 0. The summed E-state index contributed by atoms with van der Waals surface area (Å²) in [6, 6.07) is 9.94. The molecular weight excluding hydrogens is 148 g/mol. The Hall–Kier alpha value is -0.980. The molecule has 0 fully saturated rings. The second kappa shape index (κ2) is 4.15. The zero-order chi connectivity index (χ0) is 8.97. The molecule has 1 rings (SSSR count). The molecule has 1 nitrogen and oxygen atoms in total. The molecule has 1 aromatic carbocycles. The topological polar surface area (TPSA) is 9.23 Å². The van der Waals surface area contributed by atoms with Crippen molar-refractivity contribution in [3.05, 3.63) is 30.3 Å². The van der Waals surface area contributed by atoms with Crippen LogP contribution in [0.1, 0.15) is 20.8 Å². The molecule has 0 aliphatic rings. The van der Waals surface area contributed by atoms with Crippen LogP contribution in [0.3, 0.4) is 0 Å². The smallest absolute Gasteiger partial charge is 0.119 e. The molecule has 0 bridgehead atoms. The van der Waals surface area contributed by atoms with Crippen LogP contribution in [0.2, 0.25) is 0 Å². The van der Waals surface area contributed by atoms with Crippen LogP contribution in [-0.2, 0) is 0 Å². The first kappa shape index (κ1) is 9.11. The van der Waals surface area contributed by atoms with Gasteiger partial charge in [0.15, 0.2) is 0 Å². The first-order chi connectivity index (χ1) is 5.70. The number of rotatable bonds is 3. The van der Waals surface area contributed by atoms with Gasteiger partial charge in [0.25, 0.3) is 0 Å². The van der Waals surface area contributed by atoms with Crippen LogP contribution in [0.5, 0.6) is 5.75 Å². The average Bonchev–Trinajstić information content (AvgIpc) is 2.06. The minimum Gasteiger partial charge on any atom is -0.490 e. The van der Waals surface area contributed by atoms with E-state index in [0.717, 1.165) is 5.75 Å². The van der Waals surface area contributed by atoms with Crippen molar-refractivity contribution in [1.29, 1.82) is 0 Å². The van der Waals surface area contributed by atoms with E-state index in [1.54, 1.807) is 0 Å². The molecule has 0 N–H and O–H groups in total. The van der Waals surface area contributed by atoms with Crippen LogP contribution < -0.4 is 4.74 Å². The van der Waals surface area contributed by atoms with Crippen molar-refractivity contribution in [1.82, 2.24) is 0 Å². The van der Waals surface area contributed by atoms with Crippen molar-refractivity contribution in [2.75, 3.05) is 0 Å². The number of ether oxygens (including phenoxy) is 1. The number of hydrogen-bond acceptors (Lipinski definition) is 1. The first-order valence-corrected chi connectivity index (χ1v) is 4.42. The van der Waals surface area contributed by atoms with Gasteiger partial charge in [0, 0.05) is 0 Å². The highest BCUT2D eigenvalue weighted by atomic mass is 16.5. The molecule has 12 heavy (non-hydrogen) atoms. The zero-order valence-electron chi connectivity index (χ0n) is 7.95. The molecule has 0 radical (unpaired) electrons. The quantitative estimate of drug-likeness (QED) is 0.667. The highest BCUT2D eigenvalue weighted by Crippen LogP contribution is 2.14. The fourth-order valence-electron chi connectivity index (χ4n) is 0.850. The van der Waals surface area contributed by atoms with Gasteiger partial charge in [0.1, 0.15) is 5.75 Å². The molecular formula is C11H16O. The molecule has 0 heterocycles. The Bertz CT molecular complexity index is 216. The molecule has 1 atom stereocenters. The summed E-state index contributed by atoms with van der Waals surface area (Å²) in [7, 11) is 0. The Labute approximate surface area is 74.4 Å². The molecule has 0 spiro atoms. The second-order valence-electron chi connectivity index (χ2n) is 3.38. The zero-order valence-corrected chi connectivity index (χ0v) is 7.95. The van der Waals surface area contributed by atoms with E-state index >= 15 is 0 Å². The Morgan fingerprint density at radius 2 is 1.58 bits per heavy atom. The summed E-state index contributed by atoms with van der Waals surface area (Å²) in [4.78, 5) is 0. The van der Waals surface area contributed by atoms with Crippen molar-refractivity contribution < 1.29 is 4.74 Å². The highest BCUT2D eigenvalue weighted by Gasteiger charge is 2.07. The van der Waals surface area contributed by atoms with E-state index in [1.165, 1.54) is 0 Å². The van der Waals surface area contributed by atoms with Gasteiger partial charge in [-0.15, -0.1) is 0 Å². The van der Waals surface area contributed by atoms with Gasteiger partial charge in [-0.25, -0.2) is 0 Å². The Balaban J connectivity index is 2.53. The van der Waals surface area contributed by atoms with E-state index < -0.39 is 0 Å². The van der Waals surface area contributed by atoms with E-state index in [2.05, 4.69) is 20.8 Å². The van der Waals surface area contributed by atoms with Gasteiger partial charge in [-0.05, 0) is 25.0 Å². The lowest BCUT2D eigenvalue weighted by molar-refractivity contribution is 0.170. The second-order valence-corrected chi connectivity index (χ2v) is 3.38. The molecule has 1 heteroatoms. The third-order valence-electron chi connectivity index (χ3n) is 2.00. The molecule has 0 amide bonds. The largest absolute Gasteiger partial charge is 0.490 e. The highest BCUT2D eigenvalue weighted by molar-refractivity contribution is 5.21. The Morgan fingerprint density at radius 1 is 1.00 bits per heavy atom. The molecule has 0 saturated heterocycles. The molecule has 66 valence electrons. The monoisotopic (exact) mass is 164 g/mol. The van der Waals surface area contributed by atoms with Gasteiger partial charge in [-0.1, -0.05) is 32.0 Å². The minimum absolute atomic E-state index is 0.285. The Kier molecular flexibility index (Phi) is 3.15. The first-order valence-electron chi connectivity index (χ1n) is 4.42. The van der Waals surface area contributed by atoms with Crippen molar-refractivity contribution >= 4 is 0 Å². The standard InChI is InChI=1S/C11H16O/c1-9(2)10(3)12-11-7-5-4-6-8-11/h4-10H,1-3H3. The van der Waals surface area contributed by atoms with Crippen LogP contribution in [0.25, 0.3) is 0 Å². The van der Waals surface area contributed by atoms with Crippen LogP contribution in [-0.4, -0.2) is 6.10 Å². The summed E-state index contributed by atoms with van der Waals surface area (Å²) in [5, 5.41) is 0. The minimum atomic E-state index is 0.285. The van der Waals surface area contributed by atoms with Gasteiger partial charge in [-0.2, -0.15) is 0 Å². The van der Waals surface area contributed by atoms with E-state index in [4.69, 9.17) is 4.74 Å². The number of para-hydroxylation sites is 1. The SMILES string of the molecule is CC(C)C(C)Oc1ccccc1. The number of hydrogen-bond donors (Lipinski definition) is 0. The summed E-state index contributed by atoms with van der Waals surface area (Å²) in [6.07, 6.45) is 0.285. The average molecular weight is 164 g/mol. The van der Waals surface area contributed by atoms with Gasteiger partial charge >= 0.3 is 0 Å². The summed E-state index contributed by atoms with van der Waals surface area (Å²) < 4.78 is 5.68. The molecule has 0 aliphatic carbocycles. The summed E-state index contributed by atoms with van der Waals surface area (Å²) in [5.74, 6) is 1.52. The fourth-order valence-corrected chi connectivity index (χ4v) is 0.850. The number of benzene rings is 1. The van der Waals surface area contributed by atoms with Gasteiger partial charge in [0.05, 0.1) is 6.10 Å². The van der Waals surface area contributed by atoms with Gasteiger partial charge in [-0.3, -0.25) is 0 Å². The van der Waals surface area contributed by atoms with Gasteiger partial charge < -0.3 is 4.74 Å². The maximum atomic E-state index is 5.68. The Morgan fingerprint density at radius 3 is 2.08 bits per heavy atom.